The topological polar surface area (TPSA) is 38.7 Å². The van der Waals surface area contributed by atoms with Crippen LogP contribution in [0, 0.1) is 0 Å². The summed E-state index contributed by atoms with van der Waals surface area (Å²) in [6.45, 7) is 2.02. The molecule has 0 aliphatic carbocycles. The minimum absolute atomic E-state index is 0.0442. The minimum atomic E-state index is -0.122. The van der Waals surface area contributed by atoms with E-state index >= 15 is 0 Å². The first-order valence-corrected chi connectivity index (χ1v) is 4.71. The maximum atomic E-state index is 8.94. The maximum Gasteiger partial charge on any atom is 0.121 e. The number of aliphatic hydroxyl groups excluding tert-OH is 1. The van der Waals surface area contributed by atoms with Crippen LogP contribution >= 0.6 is 0 Å². The molecule has 1 N–H and O–H groups in total. The molecule has 3 nitrogen and oxygen atoms in total. The summed E-state index contributed by atoms with van der Waals surface area (Å²) in [5, 5.41) is 8.94. The standard InChI is InChI=1S/C11H16O3/c1-3-9(8-12)14-11-6-4-10(13-2)5-7-11/h4-7,9,12H,3,8H2,1-2H3. The van der Waals surface area contributed by atoms with Gasteiger partial charge in [0.1, 0.15) is 17.6 Å². The van der Waals surface area contributed by atoms with E-state index in [0.717, 1.165) is 17.9 Å². The fourth-order valence-electron chi connectivity index (χ4n) is 1.10. The largest absolute Gasteiger partial charge is 0.497 e. The van der Waals surface area contributed by atoms with Gasteiger partial charge < -0.3 is 14.6 Å². The molecule has 0 amide bonds. The normalized spacial score (nSPS) is 12.2. The lowest BCUT2D eigenvalue weighted by Crippen LogP contribution is -2.19. The van der Waals surface area contributed by atoms with Crippen molar-refractivity contribution >= 4 is 0 Å². The van der Waals surface area contributed by atoms with Crippen LogP contribution in [0.3, 0.4) is 0 Å². The number of rotatable bonds is 5. The van der Waals surface area contributed by atoms with E-state index in [1.54, 1.807) is 7.11 Å². The van der Waals surface area contributed by atoms with Crippen LogP contribution in [0.25, 0.3) is 0 Å². The summed E-state index contributed by atoms with van der Waals surface area (Å²) in [5.41, 5.74) is 0. The summed E-state index contributed by atoms with van der Waals surface area (Å²) in [5.74, 6) is 1.56. The Kier molecular flexibility index (Phi) is 4.26. The highest BCUT2D eigenvalue weighted by molar-refractivity contribution is 5.31. The van der Waals surface area contributed by atoms with E-state index in [-0.39, 0.29) is 12.7 Å². The van der Waals surface area contributed by atoms with E-state index in [9.17, 15) is 0 Å². The van der Waals surface area contributed by atoms with Crippen molar-refractivity contribution in [3.8, 4) is 11.5 Å². The Balaban J connectivity index is 2.58. The average molecular weight is 196 g/mol. The van der Waals surface area contributed by atoms with Crippen LogP contribution < -0.4 is 9.47 Å². The molecular formula is C11H16O3. The van der Waals surface area contributed by atoms with Gasteiger partial charge in [0.25, 0.3) is 0 Å². The highest BCUT2D eigenvalue weighted by Gasteiger charge is 2.05. The quantitative estimate of drug-likeness (QED) is 0.781. The predicted octanol–water partition coefficient (Wildman–Crippen LogP) is 1.84. The summed E-state index contributed by atoms with van der Waals surface area (Å²) >= 11 is 0. The number of aliphatic hydroxyl groups is 1. The van der Waals surface area contributed by atoms with Crippen molar-refractivity contribution < 1.29 is 14.6 Å². The highest BCUT2D eigenvalue weighted by Crippen LogP contribution is 2.18. The zero-order valence-electron chi connectivity index (χ0n) is 8.56. The molecule has 14 heavy (non-hydrogen) atoms. The number of benzene rings is 1. The molecule has 1 rings (SSSR count). The number of ether oxygens (including phenoxy) is 2. The van der Waals surface area contributed by atoms with Crippen LogP contribution in [0.15, 0.2) is 24.3 Å². The van der Waals surface area contributed by atoms with Gasteiger partial charge >= 0.3 is 0 Å². The van der Waals surface area contributed by atoms with Crippen LogP contribution in [-0.4, -0.2) is 24.9 Å². The lowest BCUT2D eigenvalue weighted by Gasteiger charge is -2.14. The van der Waals surface area contributed by atoms with Crippen LogP contribution in [-0.2, 0) is 0 Å². The molecule has 0 bridgehead atoms. The van der Waals surface area contributed by atoms with Gasteiger partial charge in [-0.15, -0.1) is 0 Å². The Hall–Kier alpha value is -1.22. The summed E-state index contributed by atoms with van der Waals surface area (Å²) in [6, 6.07) is 7.33. The molecular weight excluding hydrogens is 180 g/mol. The van der Waals surface area contributed by atoms with Gasteiger partial charge in [-0.25, -0.2) is 0 Å². The van der Waals surface area contributed by atoms with Crippen molar-refractivity contribution in [1.29, 1.82) is 0 Å². The zero-order valence-corrected chi connectivity index (χ0v) is 8.56. The van der Waals surface area contributed by atoms with E-state index in [0.29, 0.717) is 0 Å². The molecule has 1 unspecified atom stereocenters. The second kappa shape index (κ2) is 5.50. The van der Waals surface area contributed by atoms with Gasteiger partial charge in [0.05, 0.1) is 13.7 Å². The first-order chi connectivity index (χ1) is 6.80. The van der Waals surface area contributed by atoms with Gasteiger partial charge in [-0.3, -0.25) is 0 Å². The molecule has 0 aromatic heterocycles. The smallest absolute Gasteiger partial charge is 0.121 e. The second-order valence-electron chi connectivity index (χ2n) is 3.01. The molecule has 0 saturated carbocycles. The molecule has 1 atom stereocenters. The molecule has 3 heteroatoms. The van der Waals surface area contributed by atoms with Gasteiger partial charge in [-0.2, -0.15) is 0 Å². The van der Waals surface area contributed by atoms with Crippen LogP contribution in [0.5, 0.6) is 11.5 Å². The van der Waals surface area contributed by atoms with Gasteiger partial charge in [0.2, 0.25) is 0 Å². The minimum Gasteiger partial charge on any atom is -0.497 e. The molecule has 0 aliphatic heterocycles. The molecule has 0 aliphatic rings. The molecule has 0 saturated heterocycles. The van der Waals surface area contributed by atoms with Crippen molar-refractivity contribution in [2.24, 2.45) is 0 Å². The Morgan fingerprint density at radius 3 is 2.21 bits per heavy atom. The highest BCUT2D eigenvalue weighted by atomic mass is 16.5. The van der Waals surface area contributed by atoms with Crippen molar-refractivity contribution in [2.45, 2.75) is 19.4 Å². The molecule has 0 fully saturated rings. The molecule has 78 valence electrons. The van der Waals surface area contributed by atoms with Crippen molar-refractivity contribution in [1.82, 2.24) is 0 Å². The van der Waals surface area contributed by atoms with Gasteiger partial charge in [-0.05, 0) is 30.7 Å². The molecule has 0 radical (unpaired) electrons. The van der Waals surface area contributed by atoms with Crippen molar-refractivity contribution in [3.63, 3.8) is 0 Å². The monoisotopic (exact) mass is 196 g/mol. The lowest BCUT2D eigenvalue weighted by molar-refractivity contribution is 0.112. The SMILES string of the molecule is CCC(CO)Oc1ccc(OC)cc1. The summed E-state index contributed by atoms with van der Waals surface area (Å²) in [7, 11) is 1.62. The zero-order chi connectivity index (χ0) is 10.4. The molecule has 1 aromatic carbocycles. The fourth-order valence-corrected chi connectivity index (χ4v) is 1.10. The Morgan fingerprint density at radius 2 is 1.79 bits per heavy atom. The second-order valence-corrected chi connectivity index (χ2v) is 3.01. The van der Waals surface area contributed by atoms with Gasteiger partial charge in [-0.1, -0.05) is 6.92 Å². The summed E-state index contributed by atoms with van der Waals surface area (Å²) in [6.07, 6.45) is 0.672. The Labute approximate surface area is 84.3 Å². The third-order valence-electron chi connectivity index (χ3n) is 2.02. The van der Waals surface area contributed by atoms with E-state index in [1.807, 2.05) is 31.2 Å². The van der Waals surface area contributed by atoms with E-state index in [1.165, 1.54) is 0 Å². The first kappa shape index (κ1) is 10.9. The molecule has 1 aromatic rings. The van der Waals surface area contributed by atoms with Crippen molar-refractivity contribution in [2.75, 3.05) is 13.7 Å². The van der Waals surface area contributed by atoms with Crippen LogP contribution in [0.4, 0.5) is 0 Å². The third-order valence-corrected chi connectivity index (χ3v) is 2.02. The predicted molar refractivity (Wildman–Crippen MR) is 54.8 cm³/mol. The number of hydrogen-bond donors (Lipinski definition) is 1. The third kappa shape index (κ3) is 2.92. The van der Waals surface area contributed by atoms with Gasteiger partial charge in [0, 0.05) is 0 Å². The van der Waals surface area contributed by atoms with Gasteiger partial charge in [0.15, 0.2) is 0 Å². The Morgan fingerprint density at radius 1 is 1.21 bits per heavy atom. The lowest BCUT2D eigenvalue weighted by atomic mass is 10.3. The fraction of sp³-hybridized carbons (Fsp3) is 0.455. The molecule has 0 spiro atoms. The summed E-state index contributed by atoms with van der Waals surface area (Å²) in [4.78, 5) is 0. The van der Waals surface area contributed by atoms with Crippen molar-refractivity contribution in [3.05, 3.63) is 24.3 Å². The average Bonchev–Trinajstić information content (AvgIpc) is 2.26. The van der Waals surface area contributed by atoms with E-state index in [4.69, 9.17) is 14.6 Å². The first-order valence-electron chi connectivity index (χ1n) is 4.71. The van der Waals surface area contributed by atoms with Crippen LogP contribution in [0.2, 0.25) is 0 Å². The molecule has 0 heterocycles. The number of hydrogen-bond acceptors (Lipinski definition) is 3. The summed E-state index contributed by atoms with van der Waals surface area (Å²) < 4.78 is 10.5. The number of methoxy groups -OCH3 is 1. The maximum absolute atomic E-state index is 8.94. The van der Waals surface area contributed by atoms with Crippen LogP contribution in [0.1, 0.15) is 13.3 Å². The van der Waals surface area contributed by atoms with E-state index in [2.05, 4.69) is 0 Å². The Bertz CT molecular complexity index is 252. The van der Waals surface area contributed by atoms with E-state index < -0.39 is 0 Å².